The highest BCUT2D eigenvalue weighted by Gasteiger charge is 2.51. The first-order chi connectivity index (χ1) is 7.73. The molecule has 1 heterocycles. The number of halogens is 3. The summed E-state index contributed by atoms with van der Waals surface area (Å²) in [4.78, 5) is 15.3. The molecule has 0 fully saturated rings. The molecule has 6 heteroatoms. The van der Waals surface area contributed by atoms with Crippen molar-refractivity contribution in [2.75, 3.05) is 0 Å². The summed E-state index contributed by atoms with van der Waals surface area (Å²) in [6.45, 7) is 3.28. The minimum Gasteiger partial charge on any atom is -0.284 e. The molecular weight excluding hydrogens is 251 g/mol. The Kier molecular flexibility index (Phi) is 2.65. The third-order valence-corrected chi connectivity index (χ3v) is 3.61. The molecule has 17 heavy (non-hydrogen) atoms. The van der Waals surface area contributed by atoms with E-state index in [0.717, 1.165) is 0 Å². The highest BCUT2D eigenvalue weighted by molar-refractivity contribution is 7.10. The Balaban J connectivity index is 2.47. The van der Waals surface area contributed by atoms with E-state index >= 15 is 0 Å². The van der Waals surface area contributed by atoms with Crippen LogP contribution < -0.4 is 0 Å². The van der Waals surface area contributed by atoms with E-state index in [9.17, 15) is 18.0 Å². The minimum absolute atomic E-state index is 0.139. The molecule has 0 saturated heterocycles. The molecule has 0 spiro atoms. The van der Waals surface area contributed by atoms with Crippen LogP contribution in [0.3, 0.4) is 0 Å². The number of nitrogens with zero attached hydrogens (tertiary/aromatic N) is 1. The van der Waals surface area contributed by atoms with Gasteiger partial charge in [-0.15, -0.1) is 11.3 Å². The van der Waals surface area contributed by atoms with Crippen LogP contribution in [0.4, 0.5) is 13.2 Å². The van der Waals surface area contributed by atoms with Gasteiger partial charge in [0.2, 0.25) is 0 Å². The Morgan fingerprint density at radius 1 is 1.47 bits per heavy atom. The maximum atomic E-state index is 12.5. The standard InChI is InChI=1S/C11H10F3NOS/c1-10(2)5-6(9-15-3-4-17-9)7(10)8(16)11(12,13)14/h3-4H,5H2,1-2H3. The van der Waals surface area contributed by atoms with E-state index in [1.165, 1.54) is 17.5 Å². The number of ketones is 1. The van der Waals surface area contributed by atoms with Crippen molar-refractivity contribution in [3.05, 3.63) is 22.2 Å². The van der Waals surface area contributed by atoms with Gasteiger partial charge in [0.25, 0.3) is 5.78 Å². The highest BCUT2D eigenvalue weighted by Crippen LogP contribution is 2.52. The molecule has 1 aliphatic carbocycles. The van der Waals surface area contributed by atoms with Crippen LogP contribution in [0.5, 0.6) is 0 Å². The van der Waals surface area contributed by atoms with Crippen molar-refractivity contribution in [2.24, 2.45) is 5.41 Å². The zero-order chi connectivity index (χ0) is 12.8. The second kappa shape index (κ2) is 3.66. The number of rotatable bonds is 2. The van der Waals surface area contributed by atoms with E-state index in [4.69, 9.17) is 0 Å². The number of Topliss-reactive ketones (excluding diaryl/α,β-unsaturated/α-hetero) is 1. The number of allylic oxidation sites excluding steroid dienone is 2. The fourth-order valence-corrected chi connectivity index (χ4v) is 2.75. The van der Waals surface area contributed by atoms with E-state index in [0.29, 0.717) is 17.0 Å². The van der Waals surface area contributed by atoms with E-state index < -0.39 is 17.4 Å². The van der Waals surface area contributed by atoms with Gasteiger partial charge in [-0.25, -0.2) is 4.98 Å². The first-order valence-electron chi connectivity index (χ1n) is 4.98. The summed E-state index contributed by atoms with van der Waals surface area (Å²) in [6, 6.07) is 0. The largest absolute Gasteiger partial charge is 0.454 e. The number of hydrogen-bond donors (Lipinski definition) is 0. The molecule has 0 bridgehead atoms. The molecule has 0 radical (unpaired) electrons. The van der Waals surface area contributed by atoms with Crippen LogP contribution in [-0.4, -0.2) is 16.9 Å². The number of carbonyl (C=O) groups excluding carboxylic acids is 1. The van der Waals surface area contributed by atoms with Crippen LogP contribution in [0.15, 0.2) is 17.2 Å². The summed E-state index contributed by atoms with van der Waals surface area (Å²) < 4.78 is 37.4. The third-order valence-electron chi connectivity index (χ3n) is 2.77. The lowest BCUT2D eigenvalue weighted by molar-refractivity contribution is -0.168. The lowest BCUT2D eigenvalue weighted by atomic mass is 9.65. The quantitative estimate of drug-likeness (QED) is 0.816. The molecule has 0 unspecified atom stereocenters. The summed E-state index contributed by atoms with van der Waals surface area (Å²) >= 11 is 1.25. The van der Waals surface area contributed by atoms with Crippen LogP contribution in [0.2, 0.25) is 0 Å². The molecular formula is C11H10F3NOS. The second-order valence-corrected chi connectivity index (χ2v) is 5.47. The van der Waals surface area contributed by atoms with Crippen molar-refractivity contribution in [3.8, 4) is 0 Å². The third kappa shape index (κ3) is 2.01. The SMILES string of the molecule is CC1(C)CC(c2nccs2)=C1C(=O)C(F)(F)F. The first-order valence-corrected chi connectivity index (χ1v) is 5.86. The molecule has 1 aliphatic rings. The lowest BCUT2D eigenvalue weighted by Gasteiger charge is -2.39. The average molecular weight is 261 g/mol. The van der Waals surface area contributed by atoms with Gasteiger partial charge in [-0.1, -0.05) is 13.8 Å². The molecule has 2 rings (SSSR count). The first kappa shape index (κ1) is 12.3. The van der Waals surface area contributed by atoms with Crippen molar-refractivity contribution in [1.29, 1.82) is 0 Å². The summed E-state index contributed by atoms with van der Waals surface area (Å²) in [5.41, 5.74) is -0.416. The van der Waals surface area contributed by atoms with Gasteiger partial charge in [0, 0.05) is 17.2 Å². The van der Waals surface area contributed by atoms with Gasteiger partial charge in [0.1, 0.15) is 5.01 Å². The van der Waals surface area contributed by atoms with Crippen LogP contribution in [0.25, 0.3) is 5.57 Å². The van der Waals surface area contributed by atoms with Gasteiger partial charge < -0.3 is 0 Å². The predicted octanol–water partition coefficient (Wildman–Crippen LogP) is 3.46. The Morgan fingerprint density at radius 3 is 2.53 bits per heavy atom. The normalized spacial score (nSPS) is 19.1. The Morgan fingerprint density at radius 2 is 2.12 bits per heavy atom. The van der Waals surface area contributed by atoms with Gasteiger partial charge in [-0.3, -0.25) is 4.79 Å². The Hall–Kier alpha value is -1.17. The molecule has 92 valence electrons. The number of aromatic nitrogens is 1. The zero-order valence-corrected chi connectivity index (χ0v) is 10.1. The molecule has 0 aromatic carbocycles. The van der Waals surface area contributed by atoms with E-state index in [1.807, 2.05) is 0 Å². The number of alkyl halides is 3. The van der Waals surface area contributed by atoms with Crippen molar-refractivity contribution in [2.45, 2.75) is 26.4 Å². The molecule has 0 saturated carbocycles. The van der Waals surface area contributed by atoms with Crippen LogP contribution in [0.1, 0.15) is 25.3 Å². The maximum Gasteiger partial charge on any atom is 0.454 e. The smallest absolute Gasteiger partial charge is 0.284 e. The van der Waals surface area contributed by atoms with Gasteiger partial charge in [0.15, 0.2) is 0 Å². The van der Waals surface area contributed by atoms with Crippen molar-refractivity contribution >= 4 is 22.7 Å². The molecule has 1 aromatic rings. The minimum atomic E-state index is -4.81. The molecule has 0 amide bonds. The second-order valence-electron chi connectivity index (χ2n) is 4.58. The van der Waals surface area contributed by atoms with Crippen LogP contribution >= 0.6 is 11.3 Å². The summed E-state index contributed by atoms with van der Waals surface area (Å²) in [6.07, 6.45) is -2.83. The zero-order valence-electron chi connectivity index (χ0n) is 9.26. The van der Waals surface area contributed by atoms with Gasteiger partial charge in [0.05, 0.1) is 0 Å². The van der Waals surface area contributed by atoms with Crippen molar-refractivity contribution in [1.82, 2.24) is 4.98 Å². The van der Waals surface area contributed by atoms with Gasteiger partial charge in [-0.05, 0) is 17.4 Å². The molecule has 2 nitrogen and oxygen atoms in total. The fraction of sp³-hybridized carbons (Fsp3) is 0.455. The van der Waals surface area contributed by atoms with Crippen molar-refractivity contribution in [3.63, 3.8) is 0 Å². The Labute approximate surface area is 100 Å². The van der Waals surface area contributed by atoms with E-state index in [2.05, 4.69) is 4.98 Å². The molecule has 0 atom stereocenters. The number of carbonyl (C=O) groups is 1. The summed E-state index contributed by atoms with van der Waals surface area (Å²) in [7, 11) is 0. The highest BCUT2D eigenvalue weighted by atomic mass is 32.1. The van der Waals surface area contributed by atoms with Crippen LogP contribution in [0, 0.1) is 5.41 Å². The summed E-state index contributed by atoms with van der Waals surface area (Å²) in [5, 5.41) is 2.19. The average Bonchev–Trinajstić information content (AvgIpc) is 2.65. The maximum absolute atomic E-state index is 12.5. The number of thiazole rings is 1. The van der Waals surface area contributed by atoms with E-state index in [1.54, 1.807) is 19.2 Å². The van der Waals surface area contributed by atoms with Gasteiger partial charge >= 0.3 is 6.18 Å². The predicted molar refractivity (Wildman–Crippen MR) is 58.5 cm³/mol. The molecule has 1 aromatic heterocycles. The fourth-order valence-electron chi connectivity index (χ4n) is 2.06. The monoisotopic (exact) mass is 261 g/mol. The van der Waals surface area contributed by atoms with Crippen molar-refractivity contribution < 1.29 is 18.0 Å². The Bertz CT molecular complexity index is 485. The summed E-state index contributed by atoms with van der Waals surface area (Å²) in [5.74, 6) is -1.74. The van der Waals surface area contributed by atoms with E-state index in [-0.39, 0.29) is 5.57 Å². The van der Waals surface area contributed by atoms with Crippen LogP contribution in [-0.2, 0) is 4.79 Å². The lowest BCUT2D eigenvalue weighted by Crippen LogP contribution is -2.38. The molecule has 0 aliphatic heterocycles. The van der Waals surface area contributed by atoms with Gasteiger partial charge in [-0.2, -0.15) is 13.2 Å². The number of hydrogen-bond acceptors (Lipinski definition) is 3. The topological polar surface area (TPSA) is 30.0 Å². The molecule has 0 N–H and O–H groups in total.